The minimum atomic E-state index is -3.88. The number of methoxy groups -OCH3 is 1. The molecular formula is C16H16N2O6S. The average molecular weight is 364 g/mol. The SMILES string of the molecule is COc1cccc(C(O)CNS(=O)(=O)c2ccc3[nH]c(=O)oc3c2)c1. The summed E-state index contributed by atoms with van der Waals surface area (Å²) >= 11 is 0. The molecule has 8 nitrogen and oxygen atoms in total. The summed E-state index contributed by atoms with van der Waals surface area (Å²) in [5, 5.41) is 10.2. The number of benzene rings is 2. The van der Waals surface area contributed by atoms with Gasteiger partial charge < -0.3 is 14.3 Å². The van der Waals surface area contributed by atoms with Gasteiger partial charge in [0.1, 0.15) is 5.75 Å². The van der Waals surface area contributed by atoms with Crippen LogP contribution < -0.4 is 15.2 Å². The molecule has 1 heterocycles. The van der Waals surface area contributed by atoms with Crippen molar-refractivity contribution in [2.45, 2.75) is 11.0 Å². The maximum Gasteiger partial charge on any atom is 0.417 e. The highest BCUT2D eigenvalue weighted by molar-refractivity contribution is 7.89. The van der Waals surface area contributed by atoms with Crippen molar-refractivity contribution in [1.82, 2.24) is 9.71 Å². The molecule has 1 atom stereocenters. The molecule has 0 aliphatic carbocycles. The van der Waals surface area contributed by atoms with E-state index in [1.807, 2.05) is 0 Å². The van der Waals surface area contributed by atoms with Crippen molar-refractivity contribution in [2.75, 3.05) is 13.7 Å². The van der Waals surface area contributed by atoms with E-state index < -0.39 is 21.9 Å². The van der Waals surface area contributed by atoms with Crippen LogP contribution in [0.5, 0.6) is 5.75 Å². The van der Waals surface area contributed by atoms with Gasteiger partial charge in [-0.25, -0.2) is 17.9 Å². The number of aromatic nitrogens is 1. The summed E-state index contributed by atoms with van der Waals surface area (Å²) in [7, 11) is -2.37. The Kier molecular flexibility index (Phi) is 4.62. The van der Waals surface area contributed by atoms with Crippen LogP contribution in [0, 0.1) is 0 Å². The zero-order valence-electron chi connectivity index (χ0n) is 13.2. The highest BCUT2D eigenvalue weighted by atomic mass is 32.2. The number of hydrogen-bond donors (Lipinski definition) is 3. The maximum atomic E-state index is 12.4. The molecule has 3 aromatic rings. The largest absolute Gasteiger partial charge is 0.497 e. The predicted octanol–water partition coefficient (Wildman–Crippen LogP) is 1.14. The van der Waals surface area contributed by atoms with Crippen LogP contribution in [-0.4, -0.2) is 32.2 Å². The van der Waals surface area contributed by atoms with Crippen LogP contribution in [0.4, 0.5) is 0 Å². The van der Waals surface area contributed by atoms with Gasteiger partial charge in [0.05, 0.1) is 23.6 Å². The number of fused-ring (bicyclic) bond motifs is 1. The number of aliphatic hydroxyl groups is 1. The highest BCUT2D eigenvalue weighted by Gasteiger charge is 2.18. The lowest BCUT2D eigenvalue weighted by Crippen LogP contribution is -2.28. The number of H-pyrrole nitrogens is 1. The molecule has 9 heteroatoms. The molecule has 0 fully saturated rings. The summed E-state index contributed by atoms with van der Waals surface area (Å²) in [6.07, 6.45) is -1.04. The molecule has 132 valence electrons. The third kappa shape index (κ3) is 3.73. The monoisotopic (exact) mass is 364 g/mol. The van der Waals surface area contributed by atoms with Gasteiger partial charge in [-0.2, -0.15) is 0 Å². The number of hydrogen-bond acceptors (Lipinski definition) is 6. The van der Waals surface area contributed by atoms with Crippen molar-refractivity contribution in [3.8, 4) is 5.75 Å². The van der Waals surface area contributed by atoms with Crippen LogP contribution >= 0.6 is 0 Å². The van der Waals surface area contributed by atoms with Crippen LogP contribution in [0.3, 0.4) is 0 Å². The number of sulfonamides is 1. The molecule has 0 aliphatic heterocycles. The normalized spacial score (nSPS) is 13.0. The van der Waals surface area contributed by atoms with Gasteiger partial charge >= 0.3 is 5.76 Å². The Hall–Kier alpha value is -2.62. The number of aromatic amines is 1. The topological polar surface area (TPSA) is 122 Å². The van der Waals surface area contributed by atoms with E-state index in [2.05, 4.69) is 9.71 Å². The fourth-order valence-electron chi connectivity index (χ4n) is 2.33. The third-order valence-electron chi connectivity index (χ3n) is 3.65. The number of rotatable bonds is 6. The van der Waals surface area contributed by atoms with Crippen LogP contribution in [0.1, 0.15) is 11.7 Å². The minimum Gasteiger partial charge on any atom is -0.497 e. The molecule has 0 amide bonds. The zero-order valence-corrected chi connectivity index (χ0v) is 14.0. The Labute approximate surface area is 143 Å². The van der Waals surface area contributed by atoms with Gasteiger partial charge in [-0.1, -0.05) is 12.1 Å². The average Bonchev–Trinajstić information content (AvgIpc) is 2.99. The lowest BCUT2D eigenvalue weighted by molar-refractivity contribution is 0.181. The quantitative estimate of drug-likeness (QED) is 0.603. The van der Waals surface area contributed by atoms with Crippen molar-refractivity contribution in [3.63, 3.8) is 0 Å². The van der Waals surface area contributed by atoms with Crippen LogP contribution in [0.25, 0.3) is 11.1 Å². The molecule has 0 saturated heterocycles. The van der Waals surface area contributed by atoms with Gasteiger partial charge in [0.2, 0.25) is 10.0 Å². The molecule has 3 N–H and O–H groups in total. The van der Waals surface area contributed by atoms with E-state index in [0.29, 0.717) is 16.8 Å². The minimum absolute atomic E-state index is 0.0689. The van der Waals surface area contributed by atoms with E-state index in [9.17, 15) is 18.3 Å². The molecule has 25 heavy (non-hydrogen) atoms. The highest BCUT2D eigenvalue weighted by Crippen LogP contribution is 2.20. The number of ether oxygens (including phenoxy) is 1. The van der Waals surface area contributed by atoms with E-state index in [0.717, 1.165) is 0 Å². The Morgan fingerprint density at radius 3 is 2.84 bits per heavy atom. The van der Waals surface area contributed by atoms with Crippen molar-refractivity contribution < 1.29 is 22.7 Å². The third-order valence-corrected chi connectivity index (χ3v) is 5.07. The summed E-state index contributed by atoms with van der Waals surface area (Å²) in [5.41, 5.74) is 1.07. The van der Waals surface area contributed by atoms with E-state index >= 15 is 0 Å². The second kappa shape index (κ2) is 6.71. The van der Waals surface area contributed by atoms with E-state index in [4.69, 9.17) is 9.15 Å². The summed E-state index contributed by atoms with van der Waals surface area (Å²) in [5.74, 6) is -0.0988. The van der Waals surface area contributed by atoms with Crippen molar-refractivity contribution in [2.24, 2.45) is 0 Å². The summed E-state index contributed by atoms with van der Waals surface area (Å²) < 4.78 is 37.0. The number of nitrogens with one attached hydrogen (secondary N) is 2. The molecule has 0 bridgehead atoms. The van der Waals surface area contributed by atoms with E-state index in [1.54, 1.807) is 24.3 Å². The summed E-state index contributed by atoms with van der Waals surface area (Å²) in [4.78, 5) is 13.5. The van der Waals surface area contributed by atoms with Gasteiger partial charge in [-0.15, -0.1) is 0 Å². The first kappa shape index (κ1) is 17.2. The van der Waals surface area contributed by atoms with Gasteiger partial charge in [0, 0.05) is 12.6 Å². The van der Waals surface area contributed by atoms with Crippen molar-refractivity contribution >= 4 is 21.1 Å². The molecule has 1 unspecified atom stereocenters. The van der Waals surface area contributed by atoms with Crippen LogP contribution in [0.2, 0.25) is 0 Å². The Morgan fingerprint density at radius 1 is 1.28 bits per heavy atom. The first-order valence-electron chi connectivity index (χ1n) is 7.33. The lowest BCUT2D eigenvalue weighted by atomic mass is 10.1. The first-order chi connectivity index (χ1) is 11.9. The molecule has 0 radical (unpaired) electrons. The maximum absolute atomic E-state index is 12.4. The fourth-order valence-corrected chi connectivity index (χ4v) is 3.38. The van der Waals surface area contributed by atoms with E-state index in [-0.39, 0.29) is 17.0 Å². The van der Waals surface area contributed by atoms with Crippen molar-refractivity contribution in [3.05, 3.63) is 58.6 Å². The molecule has 3 rings (SSSR count). The Bertz CT molecular complexity index is 1050. The van der Waals surface area contributed by atoms with Gasteiger partial charge in [0.15, 0.2) is 5.58 Å². The second-order valence-electron chi connectivity index (χ2n) is 5.32. The molecule has 0 aliphatic rings. The Balaban J connectivity index is 1.76. The predicted molar refractivity (Wildman–Crippen MR) is 90.0 cm³/mol. The standard InChI is InChI=1S/C16H16N2O6S/c1-23-11-4-2-3-10(7-11)14(19)9-17-25(21,22)12-5-6-13-15(8-12)24-16(20)18-13/h2-8,14,17,19H,9H2,1H3,(H,18,20). The molecule has 1 aromatic heterocycles. The fraction of sp³-hybridized carbons (Fsp3) is 0.188. The number of aliphatic hydroxyl groups excluding tert-OH is 1. The van der Waals surface area contributed by atoms with Gasteiger partial charge in [-0.3, -0.25) is 4.98 Å². The molecule has 0 spiro atoms. The summed E-state index contributed by atoms with van der Waals surface area (Å²) in [6, 6.07) is 10.7. The first-order valence-corrected chi connectivity index (χ1v) is 8.82. The summed E-state index contributed by atoms with van der Waals surface area (Å²) in [6.45, 7) is -0.218. The molecular weight excluding hydrogens is 348 g/mol. The zero-order chi connectivity index (χ0) is 18.0. The smallest absolute Gasteiger partial charge is 0.417 e. The Morgan fingerprint density at radius 2 is 2.08 bits per heavy atom. The number of oxazole rings is 1. The van der Waals surface area contributed by atoms with Gasteiger partial charge in [-0.05, 0) is 29.8 Å². The van der Waals surface area contributed by atoms with Crippen molar-refractivity contribution in [1.29, 1.82) is 0 Å². The molecule has 2 aromatic carbocycles. The lowest BCUT2D eigenvalue weighted by Gasteiger charge is -2.13. The van der Waals surface area contributed by atoms with Crippen LogP contribution in [0.15, 0.2) is 56.6 Å². The van der Waals surface area contributed by atoms with Gasteiger partial charge in [0.25, 0.3) is 0 Å². The molecule has 0 saturated carbocycles. The van der Waals surface area contributed by atoms with E-state index in [1.165, 1.54) is 25.3 Å². The van der Waals surface area contributed by atoms with Crippen LogP contribution in [-0.2, 0) is 10.0 Å². The second-order valence-corrected chi connectivity index (χ2v) is 7.08.